The van der Waals surface area contributed by atoms with Crippen molar-refractivity contribution in [1.82, 2.24) is 4.90 Å². The summed E-state index contributed by atoms with van der Waals surface area (Å²) in [4.78, 5) is 2.47. The third-order valence-corrected chi connectivity index (χ3v) is 3.77. The molecule has 1 aliphatic heterocycles. The van der Waals surface area contributed by atoms with E-state index in [1.165, 1.54) is 18.4 Å². The Labute approximate surface area is 115 Å². The van der Waals surface area contributed by atoms with E-state index >= 15 is 0 Å². The minimum Gasteiger partial charge on any atom is -0.324 e. The number of nitrogens with zero attached hydrogens (tertiary/aromatic N) is 1. The molecule has 0 atom stereocenters. The summed E-state index contributed by atoms with van der Waals surface area (Å²) in [5, 5.41) is 0.845. The summed E-state index contributed by atoms with van der Waals surface area (Å²) < 4.78 is 0. The minimum absolute atomic E-state index is 0.0944. The first-order chi connectivity index (χ1) is 8.44. The summed E-state index contributed by atoms with van der Waals surface area (Å²) in [6, 6.07) is 8.29. The van der Waals surface area contributed by atoms with Gasteiger partial charge in [-0.2, -0.15) is 0 Å². The Balaban J connectivity index is 1.91. The SMILES string of the molecule is CC(C)(N)CN1CCC(c2cccc(Cl)c2)CC1. The molecule has 1 fully saturated rings. The fraction of sp³-hybridized carbons (Fsp3) is 0.600. The van der Waals surface area contributed by atoms with Crippen molar-refractivity contribution in [2.75, 3.05) is 19.6 Å². The van der Waals surface area contributed by atoms with Crippen LogP contribution < -0.4 is 5.73 Å². The van der Waals surface area contributed by atoms with Crippen molar-refractivity contribution in [1.29, 1.82) is 0 Å². The van der Waals surface area contributed by atoms with Crippen LogP contribution in [-0.4, -0.2) is 30.1 Å². The van der Waals surface area contributed by atoms with Crippen LogP contribution in [0.1, 0.15) is 38.2 Å². The average molecular weight is 267 g/mol. The molecule has 0 spiro atoms. The van der Waals surface area contributed by atoms with Gasteiger partial charge >= 0.3 is 0 Å². The largest absolute Gasteiger partial charge is 0.324 e. The van der Waals surface area contributed by atoms with Gasteiger partial charge in [-0.05, 0) is 63.4 Å². The van der Waals surface area contributed by atoms with Crippen LogP contribution in [0.25, 0.3) is 0 Å². The lowest BCUT2D eigenvalue weighted by atomic mass is 9.89. The van der Waals surface area contributed by atoms with Crippen molar-refractivity contribution < 1.29 is 0 Å². The van der Waals surface area contributed by atoms with Crippen LogP contribution in [0.2, 0.25) is 5.02 Å². The Morgan fingerprint density at radius 2 is 2.00 bits per heavy atom. The molecule has 100 valence electrons. The highest BCUT2D eigenvalue weighted by Crippen LogP contribution is 2.29. The molecule has 18 heavy (non-hydrogen) atoms. The topological polar surface area (TPSA) is 29.3 Å². The molecule has 0 bridgehead atoms. The summed E-state index contributed by atoms with van der Waals surface area (Å²) in [5.74, 6) is 0.654. The van der Waals surface area contributed by atoms with Gasteiger partial charge in [-0.3, -0.25) is 0 Å². The fourth-order valence-electron chi connectivity index (χ4n) is 2.76. The van der Waals surface area contributed by atoms with Gasteiger partial charge in [0.2, 0.25) is 0 Å². The maximum atomic E-state index is 6.07. The zero-order chi connectivity index (χ0) is 13.2. The molecule has 0 saturated carbocycles. The second-order valence-electron chi connectivity index (χ2n) is 6.09. The fourth-order valence-corrected chi connectivity index (χ4v) is 2.96. The first-order valence-corrected chi connectivity index (χ1v) is 7.08. The number of piperidine rings is 1. The van der Waals surface area contributed by atoms with Crippen LogP contribution in [0.15, 0.2) is 24.3 Å². The van der Waals surface area contributed by atoms with Crippen molar-refractivity contribution in [2.24, 2.45) is 5.73 Å². The zero-order valence-electron chi connectivity index (χ0n) is 11.3. The van der Waals surface area contributed by atoms with Gasteiger partial charge in [0.1, 0.15) is 0 Å². The van der Waals surface area contributed by atoms with E-state index in [4.69, 9.17) is 17.3 Å². The van der Waals surface area contributed by atoms with Crippen LogP contribution in [0.3, 0.4) is 0 Å². The monoisotopic (exact) mass is 266 g/mol. The Morgan fingerprint density at radius 3 is 2.56 bits per heavy atom. The van der Waals surface area contributed by atoms with E-state index in [0.29, 0.717) is 5.92 Å². The van der Waals surface area contributed by atoms with Crippen LogP contribution in [0.5, 0.6) is 0 Å². The summed E-state index contributed by atoms with van der Waals surface area (Å²) >= 11 is 6.05. The first-order valence-electron chi connectivity index (χ1n) is 6.71. The van der Waals surface area contributed by atoms with E-state index in [1.807, 2.05) is 12.1 Å². The molecule has 1 aliphatic rings. The van der Waals surface area contributed by atoms with Gasteiger partial charge < -0.3 is 10.6 Å². The molecule has 2 rings (SSSR count). The summed E-state index contributed by atoms with van der Waals surface area (Å²) in [6.07, 6.45) is 2.41. The average Bonchev–Trinajstić information content (AvgIpc) is 2.28. The van der Waals surface area contributed by atoms with E-state index in [1.54, 1.807) is 0 Å². The van der Waals surface area contributed by atoms with Gasteiger partial charge in [-0.25, -0.2) is 0 Å². The quantitative estimate of drug-likeness (QED) is 0.910. The van der Waals surface area contributed by atoms with E-state index in [2.05, 4.69) is 30.9 Å². The van der Waals surface area contributed by atoms with E-state index in [0.717, 1.165) is 24.7 Å². The normalized spacial score (nSPS) is 19.1. The van der Waals surface area contributed by atoms with Gasteiger partial charge in [0, 0.05) is 17.1 Å². The standard InChI is InChI=1S/C15H23ClN2/c1-15(2,17)11-18-8-6-12(7-9-18)13-4-3-5-14(16)10-13/h3-5,10,12H,6-9,11,17H2,1-2H3. The maximum Gasteiger partial charge on any atom is 0.0408 e. The van der Waals surface area contributed by atoms with Gasteiger partial charge in [0.25, 0.3) is 0 Å². The third kappa shape index (κ3) is 3.98. The summed E-state index contributed by atoms with van der Waals surface area (Å²) in [5.41, 5.74) is 7.36. The number of hydrogen-bond donors (Lipinski definition) is 1. The zero-order valence-corrected chi connectivity index (χ0v) is 12.1. The predicted octanol–water partition coefficient (Wildman–Crippen LogP) is 3.26. The lowest BCUT2D eigenvalue weighted by Gasteiger charge is -2.36. The third-order valence-electron chi connectivity index (χ3n) is 3.54. The van der Waals surface area contributed by atoms with E-state index in [9.17, 15) is 0 Å². The molecular formula is C15H23ClN2. The Bertz CT molecular complexity index is 390. The number of likely N-dealkylation sites (tertiary alicyclic amines) is 1. The van der Waals surface area contributed by atoms with Gasteiger partial charge in [0.05, 0.1) is 0 Å². The molecule has 1 aromatic rings. The second kappa shape index (κ2) is 5.60. The van der Waals surface area contributed by atoms with Crippen LogP contribution in [0.4, 0.5) is 0 Å². The van der Waals surface area contributed by atoms with E-state index < -0.39 is 0 Å². The molecule has 2 N–H and O–H groups in total. The molecule has 3 heteroatoms. The summed E-state index contributed by atoms with van der Waals surface area (Å²) in [6.45, 7) is 7.44. The molecule has 1 aromatic carbocycles. The van der Waals surface area contributed by atoms with Crippen molar-refractivity contribution in [2.45, 2.75) is 38.1 Å². The van der Waals surface area contributed by atoms with Crippen molar-refractivity contribution in [3.05, 3.63) is 34.9 Å². The summed E-state index contributed by atoms with van der Waals surface area (Å²) in [7, 11) is 0. The van der Waals surface area contributed by atoms with Gasteiger partial charge in [-0.1, -0.05) is 23.7 Å². The molecule has 0 aromatic heterocycles. The Kier molecular flexibility index (Phi) is 4.31. The Morgan fingerprint density at radius 1 is 1.33 bits per heavy atom. The lowest BCUT2D eigenvalue weighted by Crippen LogP contribution is -2.47. The van der Waals surface area contributed by atoms with Gasteiger partial charge in [-0.15, -0.1) is 0 Å². The molecule has 0 unspecified atom stereocenters. The predicted molar refractivity (Wildman–Crippen MR) is 78.1 cm³/mol. The highest BCUT2D eigenvalue weighted by molar-refractivity contribution is 6.30. The molecule has 1 saturated heterocycles. The molecule has 0 aliphatic carbocycles. The van der Waals surface area contributed by atoms with Crippen LogP contribution in [-0.2, 0) is 0 Å². The van der Waals surface area contributed by atoms with Crippen molar-refractivity contribution in [3.63, 3.8) is 0 Å². The molecule has 2 nitrogen and oxygen atoms in total. The van der Waals surface area contributed by atoms with E-state index in [-0.39, 0.29) is 5.54 Å². The van der Waals surface area contributed by atoms with Crippen LogP contribution in [0, 0.1) is 0 Å². The highest BCUT2D eigenvalue weighted by atomic mass is 35.5. The number of nitrogens with two attached hydrogens (primary N) is 1. The molecule has 1 heterocycles. The first kappa shape index (κ1) is 13.9. The molecular weight excluding hydrogens is 244 g/mol. The molecule has 0 amide bonds. The maximum absolute atomic E-state index is 6.07. The lowest BCUT2D eigenvalue weighted by molar-refractivity contribution is 0.179. The second-order valence-corrected chi connectivity index (χ2v) is 6.53. The van der Waals surface area contributed by atoms with Crippen molar-refractivity contribution >= 4 is 11.6 Å². The smallest absolute Gasteiger partial charge is 0.0408 e. The van der Waals surface area contributed by atoms with Crippen molar-refractivity contribution in [3.8, 4) is 0 Å². The van der Waals surface area contributed by atoms with Crippen LogP contribution >= 0.6 is 11.6 Å². The van der Waals surface area contributed by atoms with Gasteiger partial charge in [0.15, 0.2) is 0 Å². The highest BCUT2D eigenvalue weighted by Gasteiger charge is 2.23. The number of rotatable bonds is 3. The minimum atomic E-state index is -0.0944. The number of benzene rings is 1. The number of halogens is 1. The Hall–Kier alpha value is -0.570. The number of hydrogen-bond acceptors (Lipinski definition) is 2. The molecule has 0 radical (unpaired) electrons.